The minimum atomic E-state index is -0.596. The Morgan fingerprint density at radius 1 is 1.08 bits per heavy atom. The molecule has 0 amide bonds. The zero-order valence-corrected chi connectivity index (χ0v) is 9.38. The van der Waals surface area contributed by atoms with Crippen LogP contribution in [0.15, 0.2) is 0 Å². The highest BCUT2D eigenvalue weighted by Crippen LogP contribution is 2.21. The van der Waals surface area contributed by atoms with Gasteiger partial charge in [-0.1, -0.05) is 13.8 Å². The molecule has 0 fully saturated rings. The lowest BCUT2D eigenvalue weighted by Gasteiger charge is -2.24. The summed E-state index contributed by atoms with van der Waals surface area (Å²) in [6.07, 6.45) is 2.96. The van der Waals surface area contributed by atoms with Gasteiger partial charge in [-0.2, -0.15) is 0 Å². The maximum absolute atomic E-state index is 9.90. The highest BCUT2D eigenvalue weighted by molar-refractivity contribution is 4.73. The van der Waals surface area contributed by atoms with Gasteiger partial charge in [0.25, 0.3) is 0 Å². The summed E-state index contributed by atoms with van der Waals surface area (Å²) in [4.78, 5) is 0. The summed E-state index contributed by atoms with van der Waals surface area (Å²) < 4.78 is 0. The Hall–Kier alpha value is -0.0800. The van der Waals surface area contributed by atoms with E-state index in [4.69, 9.17) is 5.11 Å². The van der Waals surface area contributed by atoms with Gasteiger partial charge in [0, 0.05) is 0 Å². The van der Waals surface area contributed by atoms with Gasteiger partial charge in [-0.3, -0.25) is 0 Å². The molecule has 0 saturated heterocycles. The molecule has 0 radical (unpaired) electrons. The monoisotopic (exact) mass is 188 g/mol. The van der Waals surface area contributed by atoms with Gasteiger partial charge in [0.1, 0.15) is 0 Å². The molecule has 0 unspecified atom stereocenters. The maximum Gasteiger partial charge on any atom is 0.0620 e. The van der Waals surface area contributed by atoms with E-state index in [1.54, 1.807) is 6.92 Å². The fourth-order valence-electron chi connectivity index (χ4n) is 1.24. The lowest BCUT2D eigenvalue weighted by atomic mass is 9.90. The first-order chi connectivity index (χ1) is 5.83. The number of aliphatic hydroxyl groups excluding tert-OH is 1. The van der Waals surface area contributed by atoms with E-state index in [2.05, 4.69) is 13.8 Å². The second-order valence-corrected chi connectivity index (χ2v) is 4.82. The minimum Gasteiger partial charge on any atom is -0.393 e. The summed E-state index contributed by atoms with van der Waals surface area (Å²) in [5, 5.41) is 19.0. The van der Waals surface area contributed by atoms with Crippen LogP contribution in [-0.2, 0) is 0 Å². The van der Waals surface area contributed by atoms with E-state index in [0.717, 1.165) is 12.8 Å². The van der Waals surface area contributed by atoms with Crippen LogP contribution in [0, 0.1) is 5.92 Å². The maximum atomic E-state index is 9.90. The predicted molar refractivity (Wildman–Crippen MR) is 55.6 cm³/mol. The largest absolute Gasteiger partial charge is 0.393 e. The molecule has 0 aromatic rings. The van der Waals surface area contributed by atoms with Crippen LogP contribution in [0.5, 0.6) is 0 Å². The summed E-state index contributed by atoms with van der Waals surface area (Å²) in [5.74, 6) is 0.637. The minimum absolute atomic E-state index is 0.300. The summed E-state index contributed by atoms with van der Waals surface area (Å²) in [7, 11) is 0. The fourth-order valence-corrected chi connectivity index (χ4v) is 1.24. The van der Waals surface area contributed by atoms with Gasteiger partial charge in [0.15, 0.2) is 0 Å². The third kappa shape index (κ3) is 8.26. The number of rotatable bonds is 6. The molecule has 0 saturated carbocycles. The summed E-state index contributed by atoms with van der Waals surface area (Å²) in [5.41, 5.74) is -0.596. The Kier molecular flexibility index (Phi) is 5.57. The van der Waals surface area contributed by atoms with Crippen molar-refractivity contribution in [3.63, 3.8) is 0 Å². The Bertz CT molecular complexity index is 114. The fraction of sp³-hybridized carbons (Fsp3) is 1.00. The molecule has 2 atom stereocenters. The van der Waals surface area contributed by atoms with Crippen molar-refractivity contribution < 1.29 is 10.2 Å². The average molecular weight is 188 g/mol. The van der Waals surface area contributed by atoms with Crippen molar-refractivity contribution in [2.75, 3.05) is 0 Å². The number of hydrogen-bond acceptors (Lipinski definition) is 2. The van der Waals surface area contributed by atoms with E-state index in [-0.39, 0.29) is 6.10 Å². The molecule has 0 rings (SSSR count). The van der Waals surface area contributed by atoms with Gasteiger partial charge >= 0.3 is 0 Å². The highest BCUT2D eigenvalue weighted by Gasteiger charge is 2.20. The van der Waals surface area contributed by atoms with Gasteiger partial charge < -0.3 is 10.2 Å². The van der Waals surface area contributed by atoms with Crippen molar-refractivity contribution in [2.45, 2.75) is 65.1 Å². The smallest absolute Gasteiger partial charge is 0.0620 e. The first-order valence-corrected chi connectivity index (χ1v) is 5.24. The van der Waals surface area contributed by atoms with Crippen LogP contribution in [0.4, 0.5) is 0 Å². The molecule has 0 aliphatic carbocycles. The SMILES string of the molecule is CC(C)CC[C@@](C)(O)CC[C@@H](C)O. The Labute approximate surface area is 82.0 Å². The van der Waals surface area contributed by atoms with Crippen LogP contribution in [0.1, 0.15) is 53.4 Å². The molecule has 2 heteroatoms. The number of aliphatic hydroxyl groups is 2. The van der Waals surface area contributed by atoms with Crippen molar-refractivity contribution in [3.8, 4) is 0 Å². The third-order valence-electron chi connectivity index (χ3n) is 2.36. The van der Waals surface area contributed by atoms with Crippen LogP contribution in [0.2, 0.25) is 0 Å². The third-order valence-corrected chi connectivity index (χ3v) is 2.36. The van der Waals surface area contributed by atoms with E-state index in [1.807, 2.05) is 6.92 Å². The van der Waals surface area contributed by atoms with E-state index in [9.17, 15) is 5.11 Å². The lowest BCUT2D eigenvalue weighted by Crippen LogP contribution is -2.26. The van der Waals surface area contributed by atoms with E-state index < -0.39 is 5.60 Å². The first kappa shape index (κ1) is 12.9. The molecular formula is C11H24O2. The molecule has 0 spiro atoms. The van der Waals surface area contributed by atoms with E-state index in [1.165, 1.54) is 0 Å². The molecule has 0 aromatic heterocycles. The second kappa shape index (κ2) is 5.61. The van der Waals surface area contributed by atoms with Crippen molar-refractivity contribution in [1.29, 1.82) is 0 Å². The Balaban J connectivity index is 3.66. The molecule has 0 bridgehead atoms. The van der Waals surface area contributed by atoms with Gasteiger partial charge in [-0.05, 0) is 45.4 Å². The molecule has 0 heterocycles. The normalized spacial score (nSPS) is 18.7. The molecular weight excluding hydrogens is 164 g/mol. The van der Waals surface area contributed by atoms with Crippen LogP contribution < -0.4 is 0 Å². The molecule has 2 N–H and O–H groups in total. The van der Waals surface area contributed by atoms with Crippen LogP contribution in [0.3, 0.4) is 0 Å². The van der Waals surface area contributed by atoms with Gasteiger partial charge in [0.2, 0.25) is 0 Å². The number of hydrogen-bond donors (Lipinski definition) is 2. The Morgan fingerprint density at radius 3 is 1.92 bits per heavy atom. The van der Waals surface area contributed by atoms with Crippen LogP contribution in [-0.4, -0.2) is 21.9 Å². The summed E-state index contributed by atoms with van der Waals surface area (Å²) in [6, 6.07) is 0. The van der Waals surface area contributed by atoms with Crippen molar-refractivity contribution in [3.05, 3.63) is 0 Å². The molecule has 0 aromatic carbocycles. The molecule has 2 nitrogen and oxygen atoms in total. The zero-order chi connectivity index (χ0) is 10.5. The van der Waals surface area contributed by atoms with Crippen molar-refractivity contribution in [1.82, 2.24) is 0 Å². The standard InChI is InChI=1S/C11H24O2/c1-9(2)5-7-11(4,13)8-6-10(3)12/h9-10,12-13H,5-8H2,1-4H3/t10-,11-/m1/s1. The van der Waals surface area contributed by atoms with E-state index in [0.29, 0.717) is 18.8 Å². The second-order valence-electron chi connectivity index (χ2n) is 4.82. The summed E-state index contributed by atoms with van der Waals surface area (Å²) in [6.45, 7) is 7.94. The quantitative estimate of drug-likeness (QED) is 0.671. The summed E-state index contributed by atoms with van der Waals surface area (Å²) >= 11 is 0. The molecule has 0 aliphatic heterocycles. The average Bonchev–Trinajstić information content (AvgIpc) is 1.98. The predicted octanol–water partition coefficient (Wildman–Crippen LogP) is 2.33. The van der Waals surface area contributed by atoms with Gasteiger partial charge in [0.05, 0.1) is 11.7 Å². The zero-order valence-electron chi connectivity index (χ0n) is 9.38. The molecule has 13 heavy (non-hydrogen) atoms. The van der Waals surface area contributed by atoms with E-state index >= 15 is 0 Å². The molecule has 80 valence electrons. The lowest BCUT2D eigenvalue weighted by molar-refractivity contribution is 0.0224. The van der Waals surface area contributed by atoms with Gasteiger partial charge in [-0.15, -0.1) is 0 Å². The topological polar surface area (TPSA) is 40.5 Å². The Morgan fingerprint density at radius 2 is 1.54 bits per heavy atom. The van der Waals surface area contributed by atoms with Crippen molar-refractivity contribution in [2.24, 2.45) is 5.92 Å². The first-order valence-electron chi connectivity index (χ1n) is 5.24. The van der Waals surface area contributed by atoms with Crippen LogP contribution >= 0.6 is 0 Å². The highest BCUT2D eigenvalue weighted by atomic mass is 16.3. The van der Waals surface area contributed by atoms with Gasteiger partial charge in [-0.25, -0.2) is 0 Å². The molecule has 0 aliphatic rings. The van der Waals surface area contributed by atoms with Crippen molar-refractivity contribution >= 4 is 0 Å². The van der Waals surface area contributed by atoms with Crippen LogP contribution in [0.25, 0.3) is 0 Å².